The maximum Gasteiger partial charge on any atom is 0.335 e. The fourth-order valence-corrected chi connectivity index (χ4v) is 6.43. The average molecular weight is 616 g/mol. The molecule has 4 aromatic rings. The number of amides is 1. The highest BCUT2D eigenvalue weighted by Crippen LogP contribution is 2.38. The lowest BCUT2D eigenvalue weighted by Gasteiger charge is -2.30. The molecule has 0 aliphatic carbocycles. The number of allylic oxidation sites excluding steroid dienone is 1. The molecule has 1 aliphatic rings. The van der Waals surface area contributed by atoms with Crippen LogP contribution in [0.25, 0.3) is 17.4 Å². The molecule has 44 heavy (non-hydrogen) atoms. The molecule has 1 amide bonds. The largest absolute Gasteiger partial charge is 0.497 e. The van der Waals surface area contributed by atoms with Gasteiger partial charge in [-0.2, -0.15) is 0 Å². The quantitative estimate of drug-likeness (QED) is 0.296. The van der Waals surface area contributed by atoms with Crippen LogP contribution in [0.2, 0.25) is 0 Å². The lowest BCUT2D eigenvalue weighted by Crippen LogP contribution is -2.43. The van der Waals surface area contributed by atoms with Crippen molar-refractivity contribution in [2.45, 2.75) is 33.7 Å². The van der Waals surface area contributed by atoms with Crippen molar-refractivity contribution in [2.75, 3.05) is 27.3 Å². The molecular formula is C33H33N3O7S. The lowest BCUT2D eigenvalue weighted by molar-refractivity contribution is -0.127. The zero-order chi connectivity index (χ0) is 31.7. The van der Waals surface area contributed by atoms with Crippen molar-refractivity contribution >= 4 is 29.3 Å². The molecule has 228 valence electrons. The first kappa shape index (κ1) is 30.6. The summed E-state index contributed by atoms with van der Waals surface area (Å²) >= 11 is 1.20. The van der Waals surface area contributed by atoms with Gasteiger partial charge >= 0.3 is 5.97 Å². The molecule has 0 bridgehead atoms. The van der Waals surface area contributed by atoms with Gasteiger partial charge < -0.3 is 23.9 Å². The first-order valence-corrected chi connectivity index (χ1v) is 14.9. The van der Waals surface area contributed by atoms with E-state index in [0.717, 1.165) is 11.1 Å². The number of fused-ring (bicyclic) bond motifs is 1. The van der Waals surface area contributed by atoms with Crippen LogP contribution < -0.4 is 24.4 Å². The number of benzene rings is 2. The number of methoxy groups -OCH3 is 2. The summed E-state index contributed by atoms with van der Waals surface area (Å²) in [4.78, 5) is 46.3. The van der Waals surface area contributed by atoms with Crippen LogP contribution in [0, 0.1) is 6.92 Å². The van der Waals surface area contributed by atoms with E-state index >= 15 is 0 Å². The minimum Gasteiger partial charge on any atom is -0.497 e. The number of aromatic nitrogens is 1. The van der Waals surface area contributed by atoms with Crippen LogP contribution in [0.3, 0.4) is 0 Å². The Labute approximate surface area is 257 Å². The number of hydrogen-bond donors (Lipinski definition) is 1. The number of aromatic carboxylic acids is 1. The number of carbonyl (C=O) groups excluding carboxylic acids is 1. The Morgan fingerprint density at radius 1 is 1.07 bits per heavy atom. The van der Waals surface area contributed by atoms with Crippen LogP contribution in [0.4, 0.5) is 0 Å². The normalized spacial score (nSPS) is 14.7. The predicted molar refractivity (Wildman–Crippen MR) is 167 cm³/mol. The monoisotopic (exact) mass is 615 g/mol. The number of ether oxygens (including phenoxy) is 2. The Hall–Kier alpha value is -4.90. The van der Waals surface area contributed by atoms with Gasteiger partial charge in [0.15, 0.2) is 4.80 Å². The van der Waals surface area contributed by atoms with Gasteiger partial charge in [-0.1, -0.05) is 17.4 Å². The van der Waals surface area contributed by atoms with Gasteiger partial charge in [-0.25, -0.2) is 9.79 Å². The predicted octanol–water partition coefficient (Wildman–Crippen LogP) is 4.39. The lowest BCUT2D eigenvalue weighted by atomic mass is 9.93. The highest BCUT2D eigenvalue weighted by molar-refractivity contribution is 7.07. The zero-order valence-corrected chi connectivity index (χ0v) is 26.2. The van der Waals surface area contributed by atoms with E-state index in [4.69, 9.17) is 18.9 Å². The molecule has 0 unspecified atom stereocenters. The number of rotatable bonds is 9. The van der Waals surface area contributed by atoms with Crippen molar-refractivity contribution in [1.29, 1.82) is 0 Å². The van der Waals surface area contributed by atoms with Gasteiger partial charge in [-0.3, -0.25) is 14.2 Å². The van der Waals surface area contributed by atoms with E-state index in [1.807, 2.05) is 20.8 Å². The van der Waals surface area contributed by atoms with Crippen molar-refractivity contribution in [2.24, 2.45) is 4.99 Å². The average Bonchev–Trinajstić information content (AvgIpc) is 3.60. The highest BCUT2D eigenvalue weighted by atomic mass is 32.1. The number of furan rings is 1. The van der Waals surface area contributed by atoms with E-state index in [9.17, 15) is 19.5 Å². The molecule has 0 radical (unpaired) electrons. The minimum absolute atomic E-state index is 0.190. The van der Waals surface area contributed by atoms with Crippen molar-refractivity contribution < 1.29 is 28.6 Å². The summed E-state index contributed by atoms with van der Waals surface area (Å²) in [6.45, 7) is 8.41. The summed E-state index contributed by atoms with van der Waals surface area (Å²) in [5.74, 6) is 0.836. The molecule has 10 nitrogen and oxygen atoms in total. The van der Waals surface area contributed by atoms with Gasteiger partial charge in [-0.15, -0.1) is 0 Å². The minimum atomic E-state index is -1.00. The topological polar surface area (TPSA) is 124 Å². The molecule has 1 N–H and O–H groups in total. The van der Waals surface area contributed by atoms with Crippen molar-refractivity contribution in [1.82, 2.24) is 9.47 Å². The van der Waals surface area contributed by atoms with Crippen molar-refractivity contribution in [3.05, 3.63) is 102 Å². The van der Waals surface area contributed by atoms with Crippen LogP contribution in [0.15, 0.2) is 74.0 Å². The van der Waals surface area contributed by atoms with E-state index in [1.54, 1.807) is 74.6 Å². The van der Waals surface area contributed by atoms with Gasteiger partial charge in [0.05, 0.1) is 35.6 Å². The standard InChI is InChI=1S/C33H33N3O7S/c1-7-35(8-2)31(38)28-19(4)34-33-36(29(28)24-16-21(41-5)10-13-25(24)42-6)30(37)27(44-33)17-22-11-14-26(43-22)23-12-9-20(32(39)40)15-18(23)3/h9-17,29H,7-8H2,1-6H3,(H,39,40)/b27-17+/t29-/m0/s1. The maximum absolute atomic E-state index is 14.1. The number of carbonyl (C=O) groups is 2. The Balaban J connectivity index is 1.67. The summed E-state index contributed by atoms with van der Waals surface area (Å²) in [6.07, 6.45) is 1.65. The molecule has 3 heterocycles. The summed E-state index contributed by atoms with van der Waals surface area (Å²) in [5, 5.41) is 9.29. The van der Waals surface area contributed by atoms with Gasteiger partial charge in [0.25, 0.3) is 11.5 Å². The number of aryl methyl sites for hydroxylation is 1. The SMILES string of the molecule is CCN(CC)C(=O)C1=C(C)N=c2s/c(=C/c3ccc(-c4ccc(C(=O)O)cc4C)o3)c(=O)n2[C@H]1c1cc(OC)ccc1OC. The molecule has 1 aliphatic heterocycles. The van der Waals surface area contributed by atoms with Crippen LogP contribution in [-0.2, 0) is 4.79 Å². The molecular weight excluding hydrogens is 582 g/mol. The third-order valence-electron chi connectivity index (χ3n) is 7.67. The summed E-state index contributed by atoms with van der Waals surface area (Å²) < 4.78 is 19.2. The zero-order valence-electron chi connectivity index (χ0n) is 25.3. The summed E-state index contributed by atoms with van der Waals surface area (Å²) in [5.41, 5.74) is 2.86. The second kappa shape index (κ2) is 12.4. The molecule has 0 spiro atoms. The Bertz CT molecular complexity index is 1980. The molecule has 0 saturated heterocycles. The van der Waals surface area contributed by atoms with Crippen LogP contribution >= 0.6 is 11.3 Å². The number of hydrogen-bond acceptors (Lipinski definition) is 8. The molecule has 0 fully saturated rings. The fraction of sp³-hybridized carbons (Fsp3) is 0.273. The smallest absolute Gasteiger partial charge is 0.335 e. The second-order valence-electron chi connectivity index (χ2n) is 10.2. The van der Waals surface area contributed by atoms with E-state index in [2.05, 4.69) is 0 Å². The maximum atomic E-state index is 14.1. The number of thiazole rings is 1. The van der Waals surface area contributed by atoms with Crippen LogP contribution in [0.5, 0.6) is 11.5 Å². The summed E-state index contributed by atoms with van der Waals surface area (Å²) in [6, 6.07) is 12.8. The number of nitrogens with zero attached hydrogens (tertiary/aromatic N) is 3. The van der Waals surface area contributed by atoms with E-state index in [-0.39, 0.29) is 17.0 Å². The van der Waals surface area contributed by atoms with Crippen LogP contribution in [-0.4, -0.2) is 53.8 Å². The van der Waals surface area contributed by atoms with Gasteiger partial charge in [-0.05, 0) is 75.7 Å². The molecule has 0 saturated carbocycles. The summed E-state index contributed by atoms with van der Waals surface area (Å²) in [7, 11) is 3.10. The van der Waals surface area contributed by atoms with Gasteiger partial charge in [0.1, 0.15) is 29.1 Å². The molecule has 1 atom stereocenters. The molecule has 5 rings (SSSR count). The first-order valence-electron chi connectivity index (χ1n) is 14.1. The van der Waals surface area contributed by atoms with Crippen LogP contribution in [0.1, 0.15) is 54.1 Å². The van der Waals surface area contributed by atoms with Crippen molar-refractivity contribution in [3.8, 4) is 22.8 Å². The van der Waals surface area contributed by atoms with Crippen molar-refractivity contribution in [3.63, 3.8) is 0 Å². The Kier molecular flexibility index (Phi) is 8.59. The van der Waals surface area contributed by atoms with E-state index < -0.39 is 12.0 Å². The number of carboxylic acids is 1. The van der Waals surface area contributed by atoms with E-state index in [1.165, 1.54) is 22.0 Å². The van der Waals surface area contributed by atoms with Gasteiger partial charge in [0.2, 0.25) is 0 Å². The number of carboxylic acid groups (broad SMARTS) is 1. The van der Waals surface area contributed by atoms with Gasteiger partial charge in [0, 0.05) is 30.3 Å². The molecule has 2 aromatic carbocycles. The fourth-order valence-electron chi connectivity index (χ4n) is 5.40. The molecule has 2 aromatic heterocycles. The Morgan fingerprint density at radius 3 is 2.45 bits per heavy atom. The Morgan fingerprint density at radius 2 is 1.82 bits per heavy atom. The second-order valence-corrected chi connectivity index (χ2v) is 11.2. The number of likely N-dealkylation sites (N-methyl/N-ethyl adjacent to an activating group) is 1. The highest BCUT2D eigenvalue weighted by Gasteiger charge is 2.36. The molecule has 11 heteroatoms. The third kappa shape index (κ3) is 5.46. The van der Waals surface area contributed by atoms with E-state index in [0.29, 0.717) is 62.3 Å². The first-order chi connectivity index (χ1) is 21.1. The third-order valence-corrected chi connectivity index (χ3v) is 8.66.